The smallest absolute Gasteiger partial charge is 0.306 e. The number of carbonyl (C=O) groups excluding carboxylic acids is 2. The number of hydrogen-bond acceptors (Lipinski definition) is 4. The standard InChI is InChI=1S/C28H53NO5/c1-3-5-6-7-8-9-10-11-12-13-14-15-16-17-18-19-26(30)24-25(28(32)33)20-21-27(31)29-22-23-34-4-2/h25H,3-24H2,1-2H3,(H,29,31)(H,32,33)/t25-/m1/s1. The molecule has 0 heterocycles. The van der Waals surface area contributed by atoms with Crippen molar-refractivity contribution in [2.45, 2.75) is 136 Å². The minimum absolute atomic E-state index is 0.00107. The Bertz CT molecular complexity index is 509. The van der Waals surface area contributed by atoms with E-state index in [1.165, 1.54) is 77.0 Å². The molecule has 0 rings (SSSR count). The van der Waals surface area contributed by atoms with E-state index in [4.69, 9.17) is 4.74 Å². The average molecular weight is 484 g/mol. The van der Waals surface area contributed by atoms with Gasteiger partial charge in [-0.15, -0.1) is 0 Å². The Morgan fingerprint density at radius 3 is 1.71 bits per heavy atom. The minimum Gasteiger partial charge on any atom is -0.481 e. The summed E-state index contributed by atoms with van der Waals surface area (Å²) in [5, 5.41) is 12.1. The largest absolute Gasteiger partial charge is 0.481 e. The lowest BCUT2D eigenvalue weighted by atomic mass is 9.94. The van der Waals surface area contributed by atoms with Crippen LogP contribution < -0.4 is 5.32 Å². The van der Waals surface area contributed by atoms with Gasteiger partial charge in [0.2, 0.25) is 5.91 Å². The Balaban J connectivity index is 3.63. The van der Waals surface area contributed by atoms with Gasteiger partial charge < -0.3 is 15.2 Å². The molecule has 0 aliphatic carbocycles. The molecule has 0 aromatic carbocycles. The molecule has 1 atom stereocenters. The molecule has 200 valence electrons. The average Bonchev–Trinajstić information content (AvgIpc) is 2.81. The quantitative estimate of drug-likeness (QED) is 0.131. The van der Waals surface area contributed by atoms with Crippen molar-refractivity contribution in [2.75, 3.05) is 19.8 Å². The topological polar surface area (TPSA) is 92.7 Å². The summed E-state index contributed by atoms with van der Waals surface area (Å²) in [6.07, 6.45) is 20.0. The molecular weight excluding hydrogens is 430 g/mol. The predicted octanol–water partition coefficient (Wildman–Crippen LogP) is 6.84. The van der Waals surface area contributed by atoms with E-state index in [9.17, 15) is 19.5 Å². The third-order valence-corrected chi connectivity index (χ3v) is 6.38. The highest BCUT2D eigenvalue weighted by Gasteiger charge is 2.21. The highest BCUT2D eigenvalue weighted by molar-refractivity contribution is 5.84. The minimum atomic E-state index is -0.994. The van der Waals surface area contributed by atoms with E-state index in [-0.39, 0.29) is 31.0 Å². The van der Waals surface area contributed by atoms with E-state index >= 15 is 0 Å². The second kappa shape index (κ2) is 24.7. The van der Waals surface area contributed by atoms with Crippen LogP contribution in [0.1, 0.15) is 136 Å². The van der Waals surface area contributed by atoms with Crippen LogP contribution in [0.4, 0.5) is 0 Å². The van der Waals surface area contributed by atoms with E-state index < -0.39 is 11.9 Å². The van der Waals surface area contributed by atoms with Crippen molar-refractivity contribution in [2.24, 2.45) is 5.92 Å². The van der Waals surface area contributed by atoms with Gasteiger partial charge in [-0.3, -0.25) is 14.4 Å². The molecule has 0 aliphatic heterocycles. The van der Waals surface area contributed by atoms with Crippen molar-refractivity contribution in [1.82, 2.24) is 5.32 Å². The normalized spacial score (nSPS) is 11.9. The predicted molar refractivity (Wildman–Crippen MR) is 139 cm³/mol. The van der Waals surface area contributed by atoms with Crippen LogP contribution in [0.15, 0.2) is 0 Å². The molecule has 1 amide bonds. The van der Waals surface area contributed by atoms with Crippen LogP contribution in [0.3, 0.4) is 0 Å². The van der Waals surface area contributed by atoms with Gasteiger partial charge >= 0.3 is 5.97 Å². The maximum absolute atomic E-state index is 12.2. The van der Waals surface area contributed by atoms with E-state index in [1.54, 1.807) is 0 Å². The summed E-state index contributed by atoms with van der Waals surface area (Å²) in [6, 6.07) is 0. The van der Waals surface area contributed by atoms with Gasteiger partial charge in [0.25, 0.3) is 0 Å². The van der Waals surface area contributed by atoms with Gasteiger partial charge in [0.1, 0.15) is 5.78 Å². The molecule has 0 fully saturated rings. The number of rotatable bonds is 26. The third kappa shape index (κ3) is 22.4. The van der Waals surface area contributed by atoms with Gasteiger partial charge in [-0.2, -0.15) is 0 Å². The van der Waals surface area contributed by atoms with Crippen molar-refractivity contribution < 1.29 is 24.2 Å². The number of ketones is 1. The summed E-state index contributed by atoms with van der Waals surface area (Å²) in [6.45, 7) is 5.61. The Hall–Kier alpha value is -1.43. The first-order valence-electron chi connectivity index (χ1n) is 14.1. The number of amides is 1. The van der Waals surface area contributed by atoms with E-state index in [0.717, 1.165) is 19.3 Å². The van der Waals surface area contributed by atoms with Gasteiger partial charge in [0, 0.05) is 32.4 Å². The van der Waals surface area contributed by atoms with Crippen LogP contribution in [-0.2, 0) is 19.1 Å². The summed E-state index contributed by atoms with van der Waals surface area (Å²) in [5.41, 5.74) is 0. The Morgan fingerprint density at radius 2 is 1.24 bits per heavy atom. The maximum atomic E-state index is 12.2. The number of unbranched alkanes of at least 4 members (excludes halogenated alkanes) is 14. The van der Waals surface area contributed by atoms with Gasteiger partial charge in [-0.1, -0.05) is 96.8 Å². The van der Waals surface area contributed by atoms with Crippen LogP contribution >= 0.6 is 0 Å². The number of carbonyl (C=O) groups is 3. The first kappa shape index (κ1) is 32.6. The first-order valence-corrected chi connectivity index (χ1v) is 14.1. The van der Waals surface area contributed by atoms with Crippen molar-refractivity contribution in [1.29, 1.82) is 0 Å². The Kier molecular flexibility index (Phi) is 23.6. The lowest BCUT2D eigenvalue weighted by Crippen LogP contribution is -2.28. The summed E-state index contributed by atoms with van der Waals surface area (Å²) < 4.78 is 5.15. The SMILES string of the molecule is CCCCCCCCCCCCCCCCCC(=O)C[C@@H](CCC(=O)NCCOCC)C(=O)O. The molecule has 0 bridgehead atoms. The summed E-state index contributed by atoms with van der Waals surface area (Å²) in [5.74, 6) is -1.96. The molecule has 2 N–H and O–H groups in total. The van der Waals surface area contributed by atoms with Crippen LogP contribution in [0, 0.1) is 5.92 Å². The number of Topliss-reactive ketones (excluding diaryl/α,β-unsaturated/α-hetero) is 1. The highest BCUT2D eigenvalue weighted by Crippen LogP contribution is 2.17. The van der Waals surface area contributed by atoms with Gasteiger partial charge in [-0.05, 0) is 19.8 Å². The summed E-state index contributed by atoms with van der Waals surface area (Å²) >= 11 is 0. The number of nitrogens with one attached hydrogen (secondary N) is 1. The summed E-state index contributed by atoms with van der Waals surface area (Å²) in [7, 11) is 0. The fourth-order valence-corrected chi connectivity index (χ4v) is 4.18. The molecule has 0 spiro atoms. The fourth-order valence-electron chi connectivity index (χ4n) is 4.18. The zero-order chi connectivity index (χ0) is 25.3. The number of ether oxygens (including phenoxy) is 1. The van der Waals surface area contributed by atoms with Crippen LogP contribution in [0.2, 0.25) is 0 Å². The van der Waals surface area contributed by atoms with E-state index in [2.05, 4.69) is 12.2 Å². The Labute approximate surface area is 209 Å². The number of hydrogen-bond donors (Lipinski definition) is 2. The zero-order valence-corrected chi connectivity index (χ0v) is 22.2. The maximum Gasteiger partial charge on any atom is 0.306 e. The molecule has 0 aliphatic rings. The molecule has 34 heavy (non-hydrogen) atoms. The number of carboxylic acids is 1. The van der Waals surface area contributed by atoms with Crippen LogP contribution in [0.25, 0.3) is 0 Å². The second-order valence-corrected chi connectivity index (χ2v) is 9.56. The number of carboxylic acid groups (broad SMARTS) is 1. The molecular formula is C28H53NO5. The first-order chi connectivity index (χ1) is 16.5. The monoisotopic (exact) mass is 483 g/mol. The van der Waals surface area contributed by atoms with Crippen LogP contribution in [0.5, 0.6) is 0 Å². The lowest BCUT2D eigenvalue weighted by Gasteiger charge is -2.12. The van der Waals surface area contributed by atoms with Crippen molar-refractivity contribution in [3.05, 3.63) is 0 Å². The molecule has 0 aromatic heterocycles. The molecule has 0 radical (unpaired) electrons. The third-order valence-electron chi connectivity index (χ3n) is 6.38. The second-order valence-electron chi connectivity index (χ2n) is 9.56. The zero-order valence-electron chi connectivity index (χ0n) is 22.2. The van der Waals surface area contributed by atoms with Crippen LogP contribution in [-0.4, -0.2) is 42.5 Å². The fraction of sp³-hybridized carbons (Fsp3) is 0.893. The molecule has 6 heteroatoms. The Morgan fingerprint density at radius 1 is 0.735 bits per heavy atom. The highest BCUT2D eigenvalue weighted by atomic mass is 16.5. The molecule has 0 aromatic rings. The lowest BCUT2D eigenvalue weighted by molar-refractivity contribution is -0.144. The molecule has 6 nitrogen and oxygen atoms in total. The van der Waals surface area contributed by atoms with E-state index in [0.29, 0.717) is 26.2 Å². The van der Waals surface area contributed by atoms with Gasteiger partial charge in [0.15, 0.2) is 0 Å². The molecule has 0 unspecified atom stereocenters. The number of aliphatic carboxylic acids is 1. The van der Waals surface area contributed by atoms with Gasteiger partial charge in [0.05, 0.1) is 12.5 Å². The van der Waals surface area contributed by atoms with Gasteiger partial charge in [-0.25, -0.2) is 0 Å². The molecule has 0 saturated carbocycles. The van der Waals surface area contributed by atoms with E-state index in [1.807, 2.05) is 6.92 Å². The molecule has 0 saturated heterocycles. The van der Waals surface area contributed by atoms with Crippen molar-refractivity contribution in [3.63, 3.8) is 0 Å². The summed E-state index contributed by atoms with van der Waals surface area (Å²) in [4.78, 5) is 35.5. The van der Waals surface area contributed by atoms with Crippen molar-refractivity contribution >= 4 is 17.7 Å². The van der Waals surface area contributed by atoms with Crippen molar-refractivity contribution in [3.8, 4) is 0 Å².